The number of aromatic nitrogens is 4. The Balaban J connectivity index is 1.71. The number of pyridine rings is 1. The van der Waals surface area contributed by atoms with Gasteiger partial charge in [0.25, 0.3) is 5.91 Å². The van der Waals surface area contributed by atoms with Gasteiger partial charge < -0.3 is 5.32 Å². The Kier molecular flexibility index (Phi) is 4.73. The minimum Gasteiger partial charge on any atom is -0.307 e. The minimum absolute atomic E-state index is 0.247. The van der Waals surface area contributed by atoms with Crippen LogP contribution in [0.2, 0.25) is 0 Å². The van der Waals surface area contributed by atoms with Crippen LogP contribution in [0, 0.1) is 6.92 Å². The van der Waals surface area contributed by atoms with Gasteiger partial charge in [-0.25, -0.2) is 14.8 Å². The molecule has 1 amide bonds. The topological polar surface area (TPSA) is 89.2 Å². The molecule has 0 radical (unpaired) electrons. The van der Waals surface area contributed by atoms with E-state index in [4.69, 9.17) is 0 Å². The molecule has 3 heterocycles. The van der Waals surface area contributed by atoms with Crippen LogP contribution < -0.4 is 5.32 Å². The fraction of sp³-hybridized carbons (Fsp3) is 0.0909. The number of amides is 1. The van der Waals surface area contributed by atoms with Crippen molar-refractivity contribution in [1.29, 1.82) is 0 Å². The lowest BCUT2D eigenvalue weighted by molar-refractivity contribution is 0.102. The number of benzene rings is 1. The van der Waals surface area contributed by atoms with Gasteiger partial charge in [-0.05, 0) is 38.1 Å². The molecule has 4 aromatic rings. The summed E-state index contributed by atoms with van der Waals surface area (Å²) in [5.41, 5.74) is 4.04. The molecule has 3 aromatic heterocycles. The van der Waals surface area contributed by atoms with E-state index in [9.17, 15) is 9.59 Å². The highest BCUT2D eigenvalue weighted by atomic mass is 16.1. The first-order valence-electron chi connectivity index (χ1n) is 8.96. The normalized spacial score (nSPS) is 10.6. The minimum atomic E-state index is -0.247. The van der Waals surface area contributed by atoms with Gasteiger partial charge in [-0.15, -0.1) is 0 Å². The number of nitrogens with zero attached hydrogens (tertiary/aromatic N) is 4. The molecule has 0 aliphatic heterocycles. The molecule has 4 rings (SSSR count). The number of carbonyl (C=O) groups excluding carboxylic acids is 2. The van der Waals surface area contributed by atoms with Gasteiger partial charge >= 0.3 is 0 Å². The van der Waals surface area contributed by atoms with E-state index in [1.54, 1.807) is 55.8 Å². The standard InChI is InChI=1S/C22H17N5O2/c1-14(13-28)21-26-20(18-12-23-11-15(2)27(18)21)16-6-8-17(9-7-16)22(29)25-19-5-3-4-10-24-19/h3-12H,1-2H3,(H,24,25,29). The zero-order chi connectivity index (χ0) is 20.4. The molecule has 0 spiro atoms. The van der Waals surface area contributed by atoms with Crippen LogP contribution in [-0.4, -0.2) is 31.2 Å². The molecule has 0 saturated heterocycles. The van der Waals surface area contributed by atoms with Crippen LogP contribution in [0.1, 0.15) is 28.8 Å². The zero-order valence-corrected chi connectivity index (χ0v) is 15.9. The van der Waals surface area contributed by atoms with Crippen LogP contribution in [0.3, 0.4) is 0 Å². The van der Waals surface area contributed by atoms with E-state index in [1.807, 2.05) is 29.4 Å². The van der Waals surface area contributed by atoms with E-state index >= 15 is 0 Å². The van der Waals surface area contributed by atoms with E-state index in [2.05, 4.69) is 20.3 Å². The highest BCUT2D eigenvalue weighted by molar-refractivity contribution is 6.04. The highest BCUT2D eigenvalue weighted by Gasteiger charge is 2.17. The summed E-state index contributed by atoms with van der Waals surface area (Å²) in [6, 6.07) is 12.4. The second kappa shape index (κ2) is 7.50. The van der Waals surface area contributed by atoms with Gasteiger partial charge in [-0.3, -0.25) is 14.2 Å². The first-order valence-corrected chi connectivity index (χ1v) is 8.96. The summed E-state index contributed by atoms with van der Waals surface area (Å²) in [7, 11) is 0. The van der Waals surface area contributed by atoms with Gasteiger partial charge in [0.15, 0.2) is 5.82 Å². The average Bonchev–Trinajstić information content (AvgIpc) is 3.15. The monoisotopic (exact) mass is 383 g/mol. The molecule has 7 nitrogen and oxygen atoms in total. The average molecular weight is 383 g/mol. The molecule has 1 aromatic carbocycles. The van der Waals surface area contributed by atoms with Gasteiger partial charge in [-0.1, -0.05) is 18.2 Å². The summed E-state index contributed by atoms with van der Waals surface area (Å²) in [5.74, 6) is 2.69. The fourth-order valence-corrected chi connectivity index (χ4v) is 3.10. The fourth-order valence-electron chi connectivity index (χ4n) is 3.10. The predicted molar refractivity (Wildman–Crippen MR) is 110 cm³/mol. The summed E-state index contributed by atoms with van der Waals surface area (Å²) in [4.78, 5) is 36.6. The first-order chi connectivity index (χ1) is 14.1. The molecule has 0 saturated carbocycles. The maximum Gasteiger partial charge on any atom is 0.256 e. The maximum absolute atomic E-state index is 12.4. The number of carbonyl (C=O) groups is 1. The third-order valence-electron chi connectivity index (χ3n) is 4.54. The lowest BCUT2D eigenvalue weighted by Crippen LogP contribution is -2.12. The van der Waals surface area contributed by atoms with Crippen molar-refractivity contribution >= 4 is 28.8 Å². The van der Waals surface area contributed by atoms with Crippen LogP contribution >= 0.6 is 0 Å². The molecule has 0 aliphatic rings. The van der Waals surface area contributed by atoms with Crippen molar-refractivity contribution < 1.29 is 9.59 Å². The molecule has 0 atom stereocenters. The van der Waals surface area contributed by atoms with Gasteiger partial charge in [0.1, 0.15) is 11.8 Å². The second-order valence-electron chi connectivity index (χ2n) is 6.53. The van der Waals surface area contributed by atoms with E-state index in [1.165, 1.54) is 0 Å². The summed E-state index contributed by atoms with van der Waals surface area (Å²) < 4.78 is 1.88. The van der Waals surface area contributed by atoms with Crippen LogP contribution in [0.15, 0.2) is 61.1 Å². The number of allylic oxidation sites excluding steroid dienone is 1. The number of nitrogens with one attached hydrogen (secondary N) is 1. The Morgan fingerprint density at radius 2 is 1.90 bits per heavy atom. The Labute approximate surface area is 166 Å². The third-order valence-corrected chi connectivity index (χ3v) is 4.54. The van der Waals surface area contributed by atoms with Crippen molar-refractivity contribution in [3.05, 3.63) is 78.1 Å². The number of imidazole rings is 1. The summed E-state index contributed by atoms with van der Waals surface area (Å²) in [6.07, 6.45) is 5.04. The molecule has 1 N–H and O–H groups in total. The van der Waals surface area contributed by atoms with Gasteiger partial charge in [0, 0.05) is 29.2 Å². The first kappa shape index (κ1) is 18.3. The molecule has 0 aliphatic carbocycles. The van der Waals surface area contributed by atoms with Crippen molar-refractivity contribution in [1.82, 2.24) is 19.4 Å². The van der Waals surface area contributed by atoms with Crippen molar-refractivity contribution in [2.45, 2.75) is 13.8 Å². The molecule has 0 bridgehead atoms. The summed E-state index contributed by atoms with van der Waals surface area (Å²) in [6.45, 7) is 3.58. The molecule has 0 fully saturated rings. The maximum atomic E-state index is 12.4. The van der Waals surface area contributed by atoms with E-state index in [-0.39, 0.29) is 5.91 Å². The Hall–Kier alpha value is -4.09. The van der Waals surface area contributed by atoms with Crippen LogP contribution in [0.4, 0.5) is 5.82 Å². The van der Waals surface area contributed by atoms with Crippen LogP contribution in [0.25, 0.3) is 22.3 Å². The van der Waals surface area contributed by atoms with Gasteiger partial charge in [-0.2, -0.15) is 0 Å². The molecular weight excluding hydrogens is 366 g/mol. The number of hydrogen-bond donors (Lipinski definition) is 1. The van der Waals surface area contributed by atoms with Crippen LogP contribution in [0.5, 0.6) is 0 Å². The highest BCUT2D eigenvalue weighted by Crippen LogP contribution is 2.28. The van der Waals surface area contributed by atoms with Crippen molar-refractivity contribution in [2.75, 3.05) is 5.32 Å². The largest absolute Gasteiger partial charge is 0.307 e. The Morgan fingerprint density at radius 1 is 1.10 bits per heavy atom. The summed E-state index contributed by atoms with van der Waals surface area (Å²) >= 11 is 0. The molecule has 0 unspecified atom stereocenters. The number of rotatable bonds is 4. The zero-order valence-electron chi connectivity index (χ0n) is 15.9. The Bertz CT molecular complexity index is 1250. The second-order valence-corrected chi connectivity index (χ2v) is 6.53. The number of fused-ring (bicyclic) bond motifs is 1. The van der Waals surface area contributed by atoms with Crippen LogP contribution in [-0.2, 0) is 4.79 Å². The quantitative estimate of drug-likeness (QED) is 0.544. The predicted octanol–water partition coefficient (Wildman–Crippen LogP) is 3.59. The van der Waals surface area contributed by atoms with Crippen molar-refractivity contribution in [3.63, 3.8) is 0 Å². The lowest BCUT2D eigenvalue weighted by Gasteiger charge is -2.05. The lowest BCUT2D eigenvalue weighted by atomic mass is 10.1. The SMILES string of the molecule is CC(=C=O)c1nc(-c2ccc(C(=O)Nc3ccccn3)cc2)c2cncc(C)n12. The van der Waals surface area contributed by atoms with E-state index in [0.29, 0.717) is 28.5 Å². The number of aryl methyl sites for hydroxylation is 1. The molecule has 142 valence electrons. The van der Waals surface area contributed by atoms with Crippen molar-refractivity contribution in [3.8, 4) is 11.3 Å². The van der Waals surface area contributed by atoms with E-state index in [0.717, 1.165) is 16.8 Å². The Morgan fingerprint density at radius 3 is 2.59 bits per heavy atom. The van der Waals surface area contributed by atoms with Gasteiger partial charge in [0.2, 0.25) is 0 Å². The third kappa shape index (κ3) is 3.42. The number of hydrogen-bond acceptors (Lipinski definition) is 5. The number of anilines is 1. The molecular formula is C22H17N5O2. The van der Waals surface area contributed by atoms with Gasteiger partial charge in [0.05, 0.1) is 23.0 Å². The summed E-state index contributed by atoms with van der Waals surface area (Å²) in [5, 5.41) is 2.76. The molecule has 7 heteroatoms. The van der Waals surface area contributed by atoms with E-state index < -0.39 is 0 Å². The molecule has 29 heavy (non-hydrogen) atoms. The smallest absolute Gasteiger partial charge is 0.256 e. The van der Waals surface area contributed by atoms with Crippen molar-refractivity contribution in [2.24, 2.45) is 0 Å².